The van der Waals surface area contributed by atoms with Crippen LogP contribution in [0, 0.1) is 5.41 Å². The number of nitrogens with one attached hydrogen (secondary N) is 1. The highest BCUT2D eigenvalue weighted by atomic mass is 16.6. The topological polar surface area (TPSA) is 82.0 Å². The molecule has 6 heteroatoms. The Bertz CT molecular complexity index is 777. The van der Waals surface area contributed by atoms with Crippen LogP contribution in [0.5, 0.6) is 0 Å². The van der Waals surface area contributed by atoms with Crippen molar-refractivity contribution in [3.05, 3.63) is 71.8 Å². The Morgan fingerprint density at radius 1 is 0.968 bits per heavy atom. The van der Waals surface area contributed by atoms with Crippen LogP contribution in [0.2, 0.25) is 0 Å². The highest BCUT2D eigenvalue weighted by molar-refractivity contribution is 5.67. The predicted molar refractivity (Wildman–Crippen MR) is 122 cm³/mol. The van der Waals surface area contributed by atoms with Crippen LogP contribution in [0.15, 0.2) is 60.7 Å². The maximum atomic E-state index is 13.0. The summed E-state index contributed by atoms with van der Waals surface area (Å²) < 4.78 is 5.67. The lowest BCUT2D eigenvalue weighted by molar-refractivity contribution is 0.0130. The first kappa shape index (κ1) is 24.9. The van der Waals surface area contributed by atoms with Gasteiger partial charge in [0.25, 0.3) is 0 Å². The van der Waals surface area contributed by atoms with E-state index in [-0.39, 0.29) is 11.8 Å². The van der Waals surface area contributed by atoms with E-state index in [1.807, 2.05) is 60.7 Å². The van der Waals surface area contributed by atoms with Crippen molar-refractivity contribution in [2.45, 2.75) is 52.0 Å². The van der Waals surface area contributed by atoms with Crippen LogP contribution in [0.1, 0.15) is 56.9 Å². The van der Waals surface area contributed by atoms with E-state index in [4.69, 9.17) is 4.74 Å². The molecule has 3 unspecified atom stereocenters. The largest absolute Gasteiger partial charge is 0.430 e. The summed E-state index contributed by atoms with van der Waals surface area (Å²) in [4.78, 5) is 14.6. The van der Waals surface area contributed by atoms with Crippen LogP contribution in [0.4, 0.5) is 4.79 Å². The molecule has 1 amide bonds. The first-order valence-corrected chi connectivity index (χ1v) is 10.8. The van der Waals surface area contributed by atoms with E-state index >= 15 is 0 Å². The zero-order chi connectivity index (χ0) is 22.9. The molecular weight excluding hydrogens is 392 g/mol. The number of rotatable bonds is 10. The lowest BCUT2D eigenvalue weighted by atomic mass is 9.96. The van der Waals surface area contributed by atoms with Gasteiger partial charge in [-0.2, -0.15) is 0 Å². The zero-order valence-corrected chi connectivity index (χ0v) is 19.0. The average Bonchev–Trinajstić information content (AvgIpc) is 2.76. The number of aliphatic hydroxyl groups excluding tert-OH is 2. The van der Waals surface area contributed by atoms with E-state index in [0.29, 0.717) is 19.5 Å². The Kier molecular flexibility index (Phi) is 9.49. The van der Waals surface area contributed by atoms with E-state index in [0.717, 1.165) is 11.1 Å². The number of amides is 1. The van der Waals surface area contributed by atoms with Crippen LogP contribution in [0.3, 0.4) is 0 Å². The van der Waals surface area contributed by atoms with E-state index in [1.165, 1.54) is 0 Å². The van der Waals surface area contributed by atoms with Crippen molar-refractivity contribution < 1.29 is 19.7 Å². The molecule has 2 rings (SSSR count). The van der Waals surface area contributed by atoms with Crippen molar-refractivity contribution in [2.75, 3.05) is 20.1 Å². The SMILES string of the molecule is CNC(CC(O)c1ccccc1)OC(=O)N(CCC(O)c1ccccc1)CC(C)(C)C. The molecule has 0 spiro atoms. The van der Waals surface area contributed by atoms with Gasteiger partial charge in [-0.3, -0.25) is 5.32 Å². The van der Waals surface area contributed by atoms with Crippen molar-refractivity contribution in [3.63, 3.8) is 0 Å². The summed E-state index contributed by atoms with van der Waals surface area (Å²) in [7, 11) is 1.70. The normalized spacial score (nSPS) is 14.5. The van der Waals surface area contributed by atoms with Crippen LogP contribution in [-0.2, 0) is 4.74 Å². The summed E-state index contributed by atoms with van der Waals surface area (Å²) in [5, 5.41) is 23.9. The van der Waals surface area contributed by atoms with Crippen molar-refractivity contribution >= 4 is 6.09 Å². The van der Waals surface area contributed by atoms with Crippen LogP contribution in [0.25, 0.3) is 0 Å². The smallest absolute Gasteiger partial charge is 0.411 e. The predicted octanol–water partition coefficient (Wildman–Crippen LogP) is 4.26. The van der Waals surface area contributed by atoms with Crippen LogP contribution >= 0.6 is 0 Å². The Hall–Kier alpha value is -2.41. The molecule has 0 heterocycles. The molecule has 0 saturated heterocycles. The number of carbonyl (C=O) groups excluding carboxylic acids is 1. The zero-order valence-electron chi connectivity index (χ0n) is 19.0. The molecule has 3 N–H and O–H groups in total. The highest BCUT2D eigenvalue weighted by Gasteiger charge is 2.26. The molecule has 170 valence electrons. The first-order valence-electron chi connectivity index (χ1n) is 10.8. The Labute approximate surface area is 185 Å². The number of hydrogen-bond donors (Lipinski definition) is 3. The van der Waals surface area contributed by atoms with E-state index in [1.54, 1.807) is 11.9 Å². The fourth-order valence-electron chi connectivity index (χ4n) is 3.36. The quantitative estimate of drug-likeness (QED) is 0.493. The third-order valence-corrected chi connectivity index (χ3v) is 4.97. The van der Waals surface area contributed by atoms with E-state index < -0.39 is 24.5 Å². The third kappa shape index (κ3) is 8.69. The molecular formula is C25H36N2O4. The number of carbonyl (C=O) groups is 1. The van der Waals surface area contributed by atoms with Gasteiger partial charge in [-0.25, -0.2) is 4.79 Å². The molecule has 0 aliphatic rings. The summed E-state index contributed by atoms with van der Waals surface area (Å²) >= 11 is 0. The Balaban J connectivity index is 2.00. The van der Waals surface area contributed by atoms with Gasteiger partial charge in [0.1, 0.15) is 0 Å². The van der Waals surface area contributed by atoms with Crippen molar-refractivity contribution in [2.24, 2.45) is 5.41 Å². The Morgan fingerprint density at radius 2 is 1.48 bits per heavy atom. The lowest BCUT2D eigenvalue weighted by Crippen LogP contribution is -2.43. The molecule has 0 bridgehead atoms. The van der Waals surface area contributed by atoms with Gasteiger partial charge in [0.15, 0.2) is 6.23 Å². The van der Waals surface area contributed by atoms with Gasteiger partial charge in [0.2, 0.25) is 0 Å². The number of hydrogen-bond acceptors (Lipinski definition) is 5. The molecule has 31 heavy (non-hydrogen) atoms. The van der Waals surface area contributed by atoms with Gasteiger partial charge in [-0.05, 0) is 30.0 Å². The molecule has 0 aliphatic carbocycles. The summed E-state index contributed by atoms with van der Waals surface area (Å²) in [6, 6.07) is 18.7. The maximum Gasteiger partial charge on any atom is 0.411 e. The second-order valence-corrected chi connectivity index (χ2v) is 9.02. The van der Waals surface area contributed by atoms with Crippen LogP contribution < -0.4 is 5.32 Å². The van der Waals surface area contributed by atoms with Gasteiger partial charge in [-0.15, -0.1) is 0 Å². The number of benzene rings is 2. The molecule has 6 nitrogen and oxygen atoms in total. The fourth-order valence-corrected chi connectivity index (χ4v) is 3.36. The Morgan fingerprint density at radius 3 is 1.97 bits per heavy atom. The number of aliphatic hydroxyl groups is 2. The van der Waals surface area contributed by atoms with E-state index in [2.05, 4.69) is 26.1 Å². The second-order valence-electron chi connectivity index (χ2n) is 9.02. The number of ether oxygens (including phenoxy) is 1. The summed E-state index contributed by atoms with van der Waals surface area (Å²) in [6.07, 6.45) is -1.85. The molecule has 3 atom stereocenters. The van der Waals surface area contributed by atoms with Crippen molar-refractivity contribution in [1.82, 2.24) is 10.2 Å². The minimum Gasteiger partial charge on any atom is -0.430 e. The van der Waals surface area contributed by atoms with Gasteiger partial charge in [-0.1, -0.05) is 81.4 Å². The molecule has 0 radical (unpaired) electrons. The molecule has 0 fully saturated rings. The van der Waals surface area contributed by atoms with E-state index in [9.17, 15) is 15.0 Å². The summed E-state index contributed by atoms with van der Waals surface area (Å²) in [6.45, 7) is 7.01. The van der Waals surface area contributed by atoms with Gasteiger partial charge in [0, 0.05) is 19.5 Å². The molecule has 0 saturated carbocycles. The number of nitrogens with zero attached hydrogens (tertiary/aromatic N) is 1. The van der Waals surface area contributed by atoms with Gasteiger partial charge in [0.05, 0.1) is 12.2 Å². The monoisotopic (exact) mass is 428 g/mol. The van der Waals surface area contributed by atoms with Crippen molar-refractivity contribution in [1.29, 1.82) is 0 Å². The van der Waals surface area contributed by atoms with Gasteiger partial charge >= 0.3 is 6.09 Å². The average molecular weight is 429 g/mol. The molecule has 2 aromatic rings. The van der Waals surface area contributed by atoms with Crippen LogP contribution in [-0.4, -0.2) is 47.6 Å². The molecule has 0 aromatic heterocycles. The lowest BCUT2D eigenvalue weighted by Gasteiger charge is -2.31. The third-order valence-electron chi connectivity index (χ3n) is 4.97. The minimum atomic E-state index is -0.748. The van der Waals surface area contributed by atoms with Crippen molar-refractivity contribution in [3.8, 4) is 0 Å². The fraction of sp³-hybridized carbons (Fsp3) is 0.480. The second kappa shape index (κ2) is 11.8. The summed E-state index contributed by atoms with van der Waals surface area (Å²) in [5.41, 5.74) is 1.47. The summed E-state index contributed by atoms with van der Waals surface area (Å²) in [5.74, 6) is 0. The molecule has 2 aromatic carbocycles. The standard InChI is InChI=1S/C25H36N2O4/c1-25(2,3)18-27(16-15-21(28)19-11-7-5-8-12-19)24(30)31-23(26-4)17-22(29)20-13-9-6-10-14-20/h5-14,21-23,26,28-29H,15-18H2,1-4H3. The minimum absolute atomic E-state index is 0.130. The van der Waals surface area contributed by atoms with Gasteiger partial charge < -0.3 is 19.8 Å². The highest BCUT2D eigenvalue weighted by Crippen LogP contribution is 2.22. The maximum absolute atomic E-state index is 13.0. The first-order chi connectivity index (χ1) is 14.7. The molecule has 0 aliphatic heterocycles.